The number of nitrogens with zero attached hydrogens (tertiary/aromatic N) is 3. The minimum atomic E-state index is -2.97. The molecule has 0 unspecified atom stereocenters. The molecule has 0 saturated heterocycles. The fourth-order valence-corrected chi connectivity index (χ4v) is 2.45. The van der Waals surface area contributed by atoms with Gasteiger partial charge in [0, 0.05) is 12.8 Å². The Morgan fingerprint density at radius 1 is 1.59 bits per heavy atom. The van der Waals surface area contributed by atoms with E-state index in [4.69, 9.17) is 5.11 Å². The molecular formula is C8H13N3O4S2. The molecule has 9 heteroatoms. The second-order valence-corrected chi connectivity index (χ2v) is 6.68. The van der Waals surface area contributed by atoms with Gasteiger partial charge in [0.2, 0.25) is 0 Å². The topological polar surface area (TPSA) is 102 Å². The van der Waals surface area contributed by atoms with Crippen molar-refractivity contribution in [3.8, 4) is 0 Å². The molecule has 7 nitrogen and oxygen atoms in total. The van der Waals surface area contributed by atoms with E-state index in [9.17, 15) is 13.2 Å². The second-order valence-electron chi connectivity index (χ2n) is 3.47. The van der Waals surface area contributed by atoms with Gasteiger partial charge in [0.25, 0.3) is 0 Å². The van der Waals surface area contributed by atoms with E-state index in [0.717, 1.165) is 11.8 Å². The molecule has 96 valence electrons. The third-order valence-corrected chi connectivity index (χ3v) is 3.81. The molecule has 0 atom stereocenters. The number of hydrogen-bond donors (Lipinski definition) is 1. The van der Waals surface area contributed by atoms with Gasteiger partial charge in [-0.15, -0.1) is 10.2 Å². The lowest BCUT2D eigenvalue weighted by atomic mass is 10.5. The number of sulfone groups is 1. The summed E-state index contributed by atoms with van der Waals surface area (Å²) < 4.78 is 23.5. The Morgan fingerprint density at radius 3 is 2.88 bits per heavy atom. The highest BCUT2D eigenvalue weighted by Crippen LogP contribution is 2.14. The first kappa shape index (κ1) is 14.0. The molecule has 1 aromatic rings. The summed E-state index contributed by atoms with van der Waals surface area (Å²) in [5.41, 5.74) is 0. The first-order valence-corrected chi connectivity index (χ1v) is 7.83. The predicted octanol–water partition coefficient (Wildman–Crippen LogP) is -0.111. The van der Waals surface area contributed by atoms with Crippen LogP contribution in [0, 0.1) is 0 Å². The molecule has 0 amide bonds. The Hall–Kier alpha value is -1.09. The predicted molar refractivity (Wildman–Crippen MR) is 62.7 cm³/mol. The number of aryl methyl sites for hydroxylation is 1. The quantitative estimate of drug-likeness (QED) is 0.695. The maximum Gasteiger partial charge on any atom is 0.313 e. The Labute approximate surface area is 103 Å². The summed E-state index contributed by atoms with van der Waals surface area (Å²) in [4.78, 5) is 10.4. The van der Waals surface area contributed by atoms with E-state index < -0.39 is 15.8 Å². The van der Waals surface area contributed by atoms with Crippen molar-refractivity contribution in [1.29, 1.82) is 0 Å². The Bertz CT molecular complexity index is 483. The summed E-state index contributed by atoms with van der Waals surface area (Å²) in [5.74, 6) is -0.931. The van der Waals surface area contributed by atoms with Crippen molar-refractivity contribution < 1.29 is 18.3 Å². The third kappa shape index (κ3) is 5.68. The zero-order valence-corrected chi connectivity index (χ0v) is 10.9. The molecule has 0 radical (unpaired) electrons. The number of aliphatic carboxylic acids is 1. The highest BCUT2D eigenvalue weighted by Gasteiger charge is 2.08. The van der Waals surface area contributed by atoms with Gasteiger partial charge in [0.1, 0.15) is 16.2 Å². The van der Waals surface area contributed by atoms with Gasteiger partial charge >= 0.3 is 5.97 Å². The van der Waals surface area contributed by atoms with Crippen LogP contribution in [-0.2, 0) is 21.2 Å². The van der Waals surface area contributed by atoms with E-state index in [1.165, 1.54) is 12.6 Å². The van der Waals surface area contributed by atoms with Gasteiger partial charge in [-0.25, -0.2) is 8.42 Å². The highest BCUT2D eigenvalue weighted by molar-refractivity contribution is 7.99. The van der Waals surface area contributed by atoms with E-state index in [1.807, 2.05) is 0 Å². The van der Waals surface area contributed by atoms with Crippen LogP contribution in [0.1, 0.15) is 6.42 Å². The molecule has 1 N–H and O–H groups in total. The van der Waals surface area contributed by atoms with Gasteiger partial charge in [0.05, 0.1) is 11.5 Å². The number of aromatic nitrogens is 3. The first-order valence-electron chi connectivity index (χ1n) is 4.78. The molecule has 0 aliphatic rings. The molecule has 0 aliphatic heterocycles. The maximum atomic E-state index is 10.9. The van der Waals surface area contributed by atoms with Crippen LogP contribution >= 0.6 is 11.8 Å². The van der Waals surface area contributed by atoms with Crippen LogP contribution in [0.4, 0.5) is 0 Å². The van der Waals surface area contributed by atoms with Crippen LogP contribution in [0.5, 0.6) is 0 Å². The molecule has 1 heterocycles. The van der Waals surface area contributed by atoms with Crippen LogP contribution in [-0.4, -0.2) is 52.0 Å². The summed E-state index contributed by atoms with van der Waals surface area (Å²) in [6.45, 7) is 0.460. The summed E-state index contributed by atoms with van der Waals surface area (Å²) >= 11 is 1.06. The fourth-order valence-electron chi connectivity index (χ4n) is 1.13. The molecule has 0 aromatic carbocycles. The number of carboxylic acids is 1. The van der Waals surface area contributed by atoms with Crippen molar-refractivity contribution in [3.05, 3.63) is 6.33 Å². The highest BCUT2D eigenvalue weighted by atomic mass is 32.2. The van der Waals surface area contributed by atoms with E-state index in [0.29, 0.717) is 18.1 Å². The number of thioether (sulfide) groups is 1. The standard InChI is InChI=1S/C8H13N3O4S2/c1-17(14,15)4-2-3-11-6-9-10-8(11)16-5-7(12)13/h6H,2-5H2,1H3,(H,12,13). The van der Waals surface area contributed by atoms with Crippen LogP contribution < -0.4 is 0 Å². The second kappa shape index (κ2) is 6.01. The number of carboxylic acid groups (broad SMARTS) is 1. The van der Waals surface area contributed by atoms with Gasteiger partial charge in [-0.3, -0.25) is 4.79 Å². The fraction of sp³-hybridized carbons (Fsp3) is 0.625. The zero-order chi connectivity index (χ0) is 12.9. The van der Waals surface area contributed by atoms with Crippen LogP contribution in [0.2, 0.25) is 0 Å². The molecule has 0 fully saturated rings. The maximum absolute atomic E-state index is 10.9. The minimum Gasteiger partial charge on any atom is -0.481 e. The lowest BCUT2D eigenvalue weighted by Crippen LogP contribution is -2.08. The average Bonchev–Trinajstić information content (AvgIpc) is 2.60. The molecule has 1 rings (SSSR count). The van der Waals surface area contributed by atoms with E-state index in [-0.39, 0.29) is 11.5 Å². The van der Waals surface area contributed by atoms with E-state index in [2.05, 4.69) is 10.2 Å². The minimum absolute atomic E-state index is 0.0915. The molecule has 0 bridgehead atoms. The van der Waals surface area contributed by atoms with Gasteiger partial charge < -0.3 is 9.67 Å². The molecule has 0 aliphatic carbocycles. The molecule has 0 spiro atoms. The van der Waals surface area contributed by atoms with Crippen LogP contribution in [0.3, 0.4) is 0 Å². The molecule has 17 heavy (non-hydrogen) atoms. The van der Waals surface area contributed by atoms with E-state index >= 15 is 0 Å². The van der Waals surface area contributed by atoms with Crippen molar-refractivity contribution in [3.63, 3.8) is 0 Å². The Kier molecular flexibility index (Phi) is 4.94. The van der Waals surface area contributed by atoms with Crippen LogP contribution in [0.15, 0.2) is 11.5 Å². The summed E-state index contributed by atoms with van der Waals surface area (Å²) in [6, 6.07) is 0. The first-order chi connectivity index (χ1) is 7.88. The number of rotatable bonds is 7. The van der Waals surface area contributed by atoms with Crippen LogP contribution in [0.25, 0.3) is 0 Å². The largest absolute Gasteiger partial charge is 0.481 e. The van der Waals surface area contributed by atoms with Gasteiger partial charge in [-0.05, 0) is 6.42 Å². The zero-order valence-electron chi connectivity index (χ0n) is 9.24. The molecule has 1 aromatic heterocycles. The lowest BCUT2D eigenvalue weighted by molar-refractivity contribution is -0.133. The lowest BCUT2D eigenvalue weighted by Gasteiger charge is -2.04. The Balaban J connectivity index is 2.48. The average molecular weight is 279 g/mol. The number of hydrogen-bond acceptors (Lipinski definition) is 6. The smallest absolute Gasteiger partial charge is 0.313 e. The van der Waals surface area contributed by atoms with Crippen molar-refractivity contribution in [2.45, 2.75) is 18.1 Å². The van der Waals surface area contributed by atoms with Crippen molar-refractivity contribution in [1.82, 2.24) is 14.8 Å². The van der Waals surface area contributed by atoms with Crippen molar-refractivity contribution >= 4 is 27.6 Å². The summed E-state index contributed by atoms with van der Waals surface area (Å²) in [5, 5.41) is 16.4. The summed E-state index contributed by atoms with van der Waals surface area (Å²) in [6.07, 6.45) is 3.10. The third-order valence-electron chi connectivity index (χ3n) is 1.82. The number of carbonyl (C=O) groups is 1. The summed E-state index contributed by atoms with van der Waals surface area (Å²) in [7, 11) is -2.97. The van der Waals surface area contributed by atoms with Crippen molar-refractivity contribution in [2.75, 3.05) is 17.8 Å². The molecule has 0 saturated carbocycles. The van der Waals surface area contributed by atoms with E-state index in [1.54, 1.807) is 4.57 Å². The van der Waals surface area contributed by atoms with Gasteiger partial charge in [-0.2, -0.15) is 0 Å². The van der Waals surface area contributed by atoms with Crippen molar-refractivity contribution in [2.24, 2.45) is 0 Å². The van der Waals surface area contributed by atoms with Gasteiger partial charge in [-0.1, -0.05) is 11.8 Å². The SMILES string of the molecule is CS(=O)(=O)CCCn1cnnc1SCC(=O)O. The van der Waals surface area contributed by atoms with Gasteiger partial charge in [0.15, 0.2) is 5.16 Å². The normalized spacial score (nSPS) is 11.6. The Morgan fingerprint density at radius 2 is 2.29 bits per heavy atom. The molecular weight excluding hydrogens is 266 g/mol. The monoisotopic (exact) mass is 279 g/mol.